The normalized spacial score (nSPS) is 23.2. The van der Waals surface area contributed by atoms with Crippen molar-refractivity contribution in [2.45, 2.75) is 12.3 Å². The van der Waals surface area contributed by atoms with Gasteiger partial charge in [0.15, 0.2) is 0 Å². The van der Waals surface area contributed by atoms with Crippen LogP contribution in [0.2, 0.25) is 0 Å². The van der Waals surface area contributed by atoms with E-state index in [4.69, 9.17) is 0 Å². The van der Waals surface area contributed by atoms with Crippen LogP contribution in [0.3, 0.4) is 0 Å². The monoisotopic (exact) mass is 325 g/mol. The minimum atomic E-state index is -0.227. The van der Waals surface area contributed by atoms with Gasteiger partial charge in [-0.15, -0.1) is 0 Å². The standard InChI is InChI=1S/C19H20FN3O/c20-15-3-1-14(2-4-15)17-13-18(17)19(24)23-11-9-22(10-12-23)16-5-7-21-8-6-16/h1-8,17-18H,9-13H2/t17-,18+/m0/s1. The van der Waals surface area contributed by atoms with E-state index in [9.17, 15) is 9.18 Å². The summed E-state index contributed by atoms with van der Waals surface area (Å²) in [6.45, 7) is 3.22. The van der Waals surface area contributed by atoms with Crippen molar-refractivity contribution in [3.63, 3.8) is 0 Å². The molecule has 0 radical (unpaired) electrons. The summed E-state index contributed by atoms with van der Waals surface area (Å²) < 4.78 is 13.0. The molecule has 2 aliphatic rings. The predicted molar refractivity (Wildman–Crippen MR) is 90.3 cm³/mol. The molecule has 0 N–H and O–H groups in total. The number of halogens is 1. The molecule has 0 bridgehead atoms. The zero-order valence-corrected chi connectivity index (χ0v) is 13.4. The molecule has 0 unspecified atom stereocenters. The van der Waals surface area contributed by atoms with Gasteiger partial charge in [-0.25, -0.2) is 4.39 Å². The number of carbonyl (C=O) groups is 1. The first-order valence-corrected chi connectivity index (χ1v) is 8.41. The van der Waals surface area contributed by atoms with E-state index in [-0.39, 0.29) is 23.6 Å². The average molecular weight is 325 g/mol. The molecule has 2 fully saturated rings. The minimum absolute atomic E-state index is 0.0722. The molecule has 24 heavy (non-hydrogen) atoms. The van der Waals surface area contributed by atoms with E-state index in [1.807, 2.05) is 17.0 Å². The van der Waals surface area contributed by atoms with E-state index >= 15 is 0 Å². The molecule has 1 aliphatic carbocycles. The summed E-state index contributed by atoms with van der Waals surface area (Å²) in [5, 5.41) is 0. The molecule has 2 aromatic rings. The van der Waals surface area contributed by atoms with Crippen molar-refractivity contribution in [1.82, 2.24) is 9.88 Å². The highest BCUT2D eigenvalue weighted by atomic mass is 19.1. The summed E-state index contributed by atoms with van der Waals surface area (Å²) in [6, 6.07) is 10.6. The number of anilines is 1. The molecule has 124 valence electrons. The number of hydrogen-bond donors (Lipinski definition) is 0. The summed E-state index contributed by atoms with van der Waals surface area (Å²) in [4.78, 5) is 21.0. The number of hydrogen-bond acceptors (Lipinski definition) is 3. The minimum Gasteiger partial charge on any atom is -0.368 e. The molecule has 1 aromatic heterocycles. The van der Waals surface area contributed by atoms with Gasteiger partial charge in [0.05, 0.1) is 0 Å². The molecule has 1 saturated heterocycles. The maximum atomic E-state index is 13.0. The Morgan fingerprint density at radius 2 is 1.67 bits per heavy atom. The third kappa shape index (κ3) is 2.98. The van der Waals surface area contributed by atoms with Gasteiger partial charge in [0.25, 0.3) is 0 Å². The Kier molecular flexibility index (Phi) is 3.92. The van der Waals surface area contributed by atoms with Crippen LogP contribution in [0, 0.1) is 11.7 Å². The lowest BCUT2D eigenvalue weighted by Gasteiger charge is -2.36. The molecular formula is C19H20FN3O. The molecule has 4 rings (SSSR count). The second-order valence-corrected chi connectivity index (χ2v) is 6.52. The summed E-state index contributed by atoms with van der Waals surface area (Å²) in [5.41, 5.74) is 2.23. The van der Waals surface area contributed by atoms with Gasteiger partial charge in [0, 0.05) is 50.2 Å². The van der Waals surface area contributed by atoms with Crippen molar-refractivity contribution in [2.75, 3.05) is 31.1 Å². The third-order valence-corrected chi connectivity index (χ3v) is 5.03. The Labute approximate surface area is 140 Å². The van der Waals surface area contributed by atoms with Crippen molar-refractivity contribution in [1.29, 1.82) is 0 Å². The number of nitrogens with zero attached hydrogens (tertiary/aromatic N) is 3. The van der Waals surface area contributed by atoms with E-state index in [1.165, 1.54) is 12.1 Å². The van der Waals surface area contributed by atoms with E-state index in [1.54, 1.807) is 24.5 Å². The van der Waals surface area contributed by atoms with Crippen molar-refractivity contribution in [3.05, 3.63) is 60.2 Å². The van der Waals surface area contributed by atoms with Crippen LogP contribution in [0.5, 0.6) is 0 Å². The van der Waals surface area contributed by atoms with E-state index in [2.05, 4.69) is 9.88 Å². The van der Waals surface area contributed by atoms with E-state index < -0.39 is 0 Å². The Hall–Kier alpha value is -2.43. The maximum Gasteiger partial charge on any atom is 0.226 e. The highest BCUT2D eigenvalue weighted by molar-refractivity contribution is 5.83. The van der Waals surface area contributed by atoms with E-state index in [0.717, 1.165) is 43.9 Å². The van der Waals surface area contributed by atoms with Crippen molar-refractivity contribution in [2.24, 2.45) is 5.92 Å². The molecule has 1 amide bonds. The molecule has 5 heteroatoms. The third-order valence-electron chi connectivity index (χ3n) is 5.03. The van der Waals surface area contributed by atoms with Crippen LogP contribution in [-0.4, -0.2) is 42.0 Å². The lowest BCUT2D eigenvalue weighted by molar-refractivity contribution is -0.132. The van der Waals surface area contributed by atoms with Crippen molar-refractivity contribution >= 4 is 11.6 Å². The number of amides is 1. The van der Waals surface area contributed by atoms with Crippen LogP contribution >= 0.6 is 0 Å². The highest BCUT2D eigenvalue weighted by Gasteiger charge is 2.46. The second kappa shape index (κ2) is 6.23. The van der Waals surface area contributed by atoms with Crippen molar-refractivity contribution < 1.29 is 9.18 Å². The molecule has 1 saturated carbocycles. The maximum absolute atomic E-state index is 13.0. The molecule has 2 heterocycles. The topological polar surface area (TPSA) is 36.4 Å². The Balaban J connectivity index is 1.33. The van der Waals surface area contributed by atoms with Crippen LogP contribution in [-0.2, 0) is 4.79 Å². The van der Waals surface area contributed by atoms with E-state index in [0.29, 0.717) is 0 Å². The van der Waals surface area contributed by atoms with Gasteiger partial charge >= 0.3 is 0 Å². The Morgan fingerprint density at radius 3 is 2.33 bits per heavy atom. The smallest absolute Gasteiger partial charge is 0.226 e. The Morgan fingerprint density at radius 1 is 1.00 bits per heavy atom. The SMILES string of the molecule is O=C([C@@H]1C[C@H]1c1ccc(F)cc1)N1CCN(c2ccncc2)CC1. The number of benzene rings is 1. The van der Waals surface area contributed by atoms with Crippen LogP contribution in [0.25, 0.3) is 0 Å². The number of carbonyl (C=O) groups excluding carboxylic acids is 1. The molecule has 4 nitrogen and oxygen atoms in total. The number of aromatic nitrogens is 1. The first kappa shape index (κ1) is 15.1. The van der Waals surface area contributed by atoms with Gasteiger partial charge < -0.3 is 9.80 Å². The Bertz CT molecular complexity index is 711. The van der Waals surface area contributed by atoms with Crippen LogP contribution in [0.15, 0.2) is 48.8 Å². The zero-order valence-electron chi connectivity index (χ0n) is 13.4. The van der Waals surface area contributed by atoms with Gasteiger partial charge in [-0.1, -0.05) is 12.1 Å². The largest absolute Gasteiger partial charge is 0.368 e. The quantitative estimate of drug-likeness (QED) is 0.870. The lowest BCUT2D eigenvalue weighted by Crippen LogP contribution is -2.49. The molecular weight excluding hydrogens is 305 g/mol. The summed E-state index contributed by atoms with van der Waals surface area (Å²) in [5.74, 6) is 0.354. The van der Waals surface area contributed by atoms with Crippen LogP contribution < -0.4 is 4.90 Å². The fraction of sp³-hybridized carbons (Fsp3) is 0.368. The summed E-state index contributed by atoms with van der Waals surface area (Å²) >= 11 is 0. The lowest BCUT2D eigenvalue weighted by atomic mass is 10.1. The number of piperazine rings is 1. The molecule has 1 aromatic carbocycles. The highest BCUT2D eigenvalue weighted by Crippen LogP contribution is 2.48. The molecule has 1 aliphatic heterocycles. The molecule has 0 spiro atoms. The predicted octanol–water partition coefficient (Wildman–Crippen LogP) is 2.67. The summed E-state index contributed by atoms with van der Waals surface area (Å²) in [7, 11) is 0. The van der Waals surface area contributed by atoms with Gasteiger partial charge in [-0.2, -0.15) is 0 Å². The van der Waals surface area contributed by atoms with Gasteiger partial charge in [-0.05, 0) is 42.2 Å². The zero-order chi connectivity index (χ0) is 16.5. The van der Waals surface area contributed by atoms with Crippen LogP contribution in [0.4, 0.5) is 10.1 Å². The molecule has 2 atom stereocenters. The first-order chi connectivity index (χ1) is 11.7. The van der Waals surface area contributed by atoms with Crippen LogP contribution in [0.1, 0.15) is 17.9 Å². The number of rotatable bonds is 3. The summed E-state index contributed by atoms with van der Waals surface area (Å²) in [6.07, 6.45) is 4.48. The fourth-order valence-electron chi connectivity index (χ4n) is 3.52. The first-order valence-electron chi connectivity index (χ1n) is 8.41. The number of pyridine rings is 1. The van der Waals surface area contributed by atoms with Gasteiger partial charge in [-0.3, -0.25) is 9.78 Å². The average Bonchev–Trinajstić information content (AvgIpc) is 3.43. The second-order valence-electron chi connectivity index (χ2n) is 6.52. The van der Waals surface area contributed by atoms with Crippen molar-refractivity contribution in [3.8, 4) is 0 Å². The van der Waals surface area contributed by atoms with Gasteiger partial charge in [0.1, 0.15) is 5.82 Å². The fourth-order valence-corrected chi connectivity index (χ4v) is 3.52. The van der Waals surface area contributed by atoms with Gasteiger partial charge in [0.2, 0.25) is 5.91 Å².